The van der Waals surface area contributed by atoms with Crippen LogP contribution in [0.4, 0.5) is 4.79 Å². The number of sulfonamides is 2. The van der Waals surface area contributed by atoms with Crippen molar-refractivity contribution in [1.29, 1.82) is 0 Å². The van der Waals surface area contributed by atoms with Gasteiger partial charge in [-0.15, -0.1) is 0 Å². The number of urea groups is 1. The van der Waals surface area contributed by atoms with Crippen LogP contribution >= 0.6 is 0 Å². The van der Waals surface area contributed by atoms with Gasteiger partial charge in [0.1, 0.15) is 0 Å². The lowest BCUT2D eigenvalue weighted by molar-refractivity contribution is -0.128. The van der Waals surface area contributed by atoms with Crippen LogP contribution in [-0.4, -0.2) is 63.7 Å². The molecule has 2 heterocycles. The summed E-state index contributed by atoms with van der Waals surface area (Å²) in [5.74, 6) is -0.389. The molecule has 3 rings (SSSR count). The lowest BCUT2D eigenvalue weighted by atomic mass is 10.1. The van der Waals surface area contributed by atoms with Gasteiger partial charge in [0.25, 0.3) is 0 Å². The molecule has 130 valence electrons. The molecule has 3 amide bonds. The van der Waals surface area contributed by atoms with Gasteiger partial charge in [-0.1, -0.05) is 0 Å². The predicted octanol–water partition coefficient (Wildman–Crippen LogP) is -1.74. The summed E-state index contributed by atoms with van der Waals surface area (Å²) in [5.41, 5.74) is 0. The van der Waals surface area contributed by atoms with Crippen LogP contribution in [0.15, 0.2) is 34.1 Å². The Bertz CT molecular complexity index is 887. The molecule has 3 N–H and O–H groups in total. The van der Waals surface area contributed by atoms with Crippen molar-refractivity contribution in [1.82, 2.24) is 14.5 Å². The van der Waals surface area contributed by atoms with E-state index in [4.69, 9.17) is 5.14 Å². The molecular weight excluding hydrogens is 360 g/mol. The minimum atomic E-state index is -3.91. The normalized spacial score (nSPS) is 20.1. The van der Waals surface area contributed by atoms with E-state index in [1.54, 1.807) is 0 Å². The van der Waals surface area contributed by atoms with Gasteiger partial charge < -0.3 is 5.32 Å². The fourth-order valence-electron chi connectivity index (χ4n) is 2.53. The number of nitrogens with zero attached hydrogens (tertiary/aromatic N) is 2. The highest BCUT2D eigenvalue weighted by Gasteiger charge is 2.45. The Morgan fingerprint density at radius 2 is 1.54 bits per heavy atom. The molecule has 1 aromatic carbocycles. The van der Waals surface area contributed by atoms with Gasteiger partial charge in [0, 0.05) is 13.1 Å². The Kier molecular flexibility index (Phi) is 3.86. The summed E-state index contributed by atoms with van der Waals surface area (Å²) in [4.78, 5) is 23.9. The highest BCUT2D eigenvalue weighted by molar-refractivity contribution is 7.89. The molecule has 2 saturated heterocycles. The van der Waals surface area contributed by atoms with E-state index in [0.717, 1.165) is 33.5 Å². The zero-order valence-corrected chi connectivity index (χ0v) is 13.9. The maximum atomic E-state index is 12.4. The van der Waals surface area contributed by atoms with Gasteiger partial charge in [0.2, 0.25) is 26.0 Å². The van der Waals surface area contributed by atoms with Crippen molar-refractivity contribution >= 4 is 32.0 Å². The second-order valence-electron chi connectivity index (χ2n) is 5.41. The van der Waals surface area contributed by atoms with Crippen LogP contribution < -0.4 is 10.5 Å². The fourth-order valence-corrected chi connectivity index (χ4v) is 4.56. The number of benzene rings is 1. The molecular formula is C12H14N4O6S2. The molecule has 0 radical (unpaired) electrons. The van der Waals surface area contributed by atoms with Crippen LogP contribution in [0.25, 0.3) is 0 Å². The summed E-state index contributed by atoms with van der Waals surface area (Å²) in [5, 5.41) is 7.34. The van der Waals surface area contributed by atoms with E-state index in [1.165, 1.54) is 0 Å². The third-order valence-corrected chi connectivity index (χ3v) is 6.64. The van der Waals surface area contributed by atoms with Gasteiger partial charge in [-0.25, -0.2) is 26.8 Å². The highest BCUT2D eigenvalue weighted by Crippen LogP contribution is 2.26. The number of hydrogen-bond donors (Lipinski definition) is 2. The van der Waals surface area contributed by atoms with Crippen molar-refractivity contribution in [3.8, 4) is 0 Å². The molecule has 0 unspecified atom stereocenters. The molecule has 1 aromatic rings. The van der Waals surface area contributed by atoms with Crippen LogP contribution in [0.3, 0.4) is 0 Å². The highest BCUT2D eigenvalue weighted by atomic mass is 32.2. The van der Waals surface area contributed by atoms with Crippen LogP contribution in [0.1, 0.15) is 0 Å². The Labute approximate surface area is 138 Å². The smallest absolute Gasteiger partial charge is 0.324 e. The summed E-state index contributed by atoms with van der Waals surface area (Å²) >= 11 is 0. The minimum absolute atomic E-state index is 0.00156. The monoisotopic (exact) mass is 374 g/mol. The number of nitrogens with one attached hydrogen (secondary N) is 1. The second kappa shape index (κ2) is 5.51. The fraction of sp³-hybridized carbons (Fsp3) is 0.333. The molecule has 12 heteroatoms. The molecule has 0 spiro atoms. The van der Waals surface area contributed by atoms with Crippen LogP contribution in [0.2, 0.25) is 0 Å². The average Bonchev–Trinajstić information content (AvgIpc) is 2.77. The van der Waals surface area contributed by atoms with Crippen LogP contribution in [0.5, 0.6) is 0 Å². The third kappa shape index (κ3) is 2.77. The van der Waals surface area contributed by atoms with Gasteiger partial charge >= 0.3 is 6.03 Å². The summed E-state index contributed by atoms with van der Waals surface area (Å²) in [6.07, 6.45) is 0. The summed E-state index contributed by atoms with van der Waals surface area (Å²) < 4.78 is 48.4. The number of carbonyl (C=O) groups excluding carboxylic acids is 2. The zero-order valence-electron chi connectivity index (χ0n) is 12.2. The lowest BCUT2D eigenvalue weighted by Gasteiger charge is -2.41. The number of nitrogens with two attached hydrogens (primary N) is 1. The third-order valence-electron chi connectivity index (χ3n) is 3.86. The first-order chi connectivity index (χ1) is 11.1. The van der Waals surface area contributed by atoms with E-state index in [-0.39, 0.29) is 35.3 Å². The second-order valence-corrected chi connectivity index (χ2v) is 8.91. The lowest BCUT2D eigenvalue weighted by Crippen LogP contribution is -2.62. The molecule has 0 atom stereocenters. The Balaban J connectivity index is 1.74. The van der Waals surface area contributed by atoms with Gasteiger partial charge in [0.15, 0.2) is 0 Å². The average molecular weight is 374 g/mol. The van der Waals surface area contributed by atoms with Crippen molar-refractivity contribution in [2.45, 2.75) is 15.8 Å². The first kappa shape index (κ1) is 16.8. The zero-order chi connectivity index (χ0) is 17.7. The standard InChI is InChI=1S/C12H14N4O6S2/c13-23(19,20)9-1-3-10(4-2-9)24(21,22)15-6-8(7-15)16-11(17)5-14-12(16)18/h1-4,8H,5-7H2,(H,14,18)(H2,13,19,20). The SMILES string of the molecule is NS(=O)(=O)c1ccc(S(=O)(=O)N2CC(N3C(=O)CNC3=O)C2)cc1. The number of amides is 3. The Morgan fingerprint density at radius 1 is 1.00 bits per heavy atom. The van der Waals surface area contributed by atoms with Crippen molar-refractivity contribution in [3.05, 3.63) is 24.3 Å². The van der Waals surface area contributed by atoms with Crippen molar-refractivity contribution in [2.24, 2.45) is 5.14 Å². The summed E-state index contributed by atoms with van der Waals surface area (Å²) in [7, 11) is -7.74. The molecule has 24 heavy (non-hydrogen) atoms. The molecule has 0 aromatic heterocycles. The predicted molar refractivity (Wildman–Crippen MR) is 80.6 cm³/mol. The number of imide groups is 1. The van der Waals surface area contributed by atoms with E-state index < -0.39 is 32.1 Å². The van der Waals surface area contributed by atoms with Gasteiger partial charge in [-0.05, 0) is 24.3 Å². The first-order valence-electron chi connectivity index (χ1n) is 6.83. The quantitative estimate of drug-likeness (QED) is 0.598. The van der Waals surface area contributed by atoms with Crippen molar-refractivity contribution in [3.63, 3.8) is 0 Å². The minimum Gasteiger partial charge on any atom is -0.329 e. The van der Waals surface area contributed by atoms with Crippen LogP contribution in [-0.2, 0) is 24.8 Å². The topological polar surface area (TPSA) is 147 Å². The molecule has 2 fully saturated rings. The van der Waals surface area contributed by atoms with Gasteiger partial charge in [-0.2, -0.15) is 4.31 Å². The molecule has 0 aliphatic carbocycles. The molecule has 2 aliphatic rings. The van der Waals surface area contributed by atoms with Crippen LogP contribution in [0, 0.1) is 0 Å². The number of rotatable bonds is 4. The molecule has 0 bridgehead atoms. The summed E-state index contributed by atoms with van der Waals surface area (Å²) in [6.45, 7) is -0.0893. The maximum Gasteiger partial charge on any atom is 0.324 e. The van der Waals surface area contributed by atoms with Crippen molar-refractivity contribution in [2.75, 3.05) is 19.6 Å². The molecule has 2 aliphatic heterocycles. The van der Waals surface area contributed by atoms with E-state index in [9.17, 15) is 26.4 Å². The Hall–Kier alpha value is -2.02. The number of hydrogen-bond acceptors (Lipinski definition) is 6. The molecule has 10 nitrogen and oxygen atoms in total. The first-order valence-corrected chi connectivity index (χ1v) is 9.82. The summed E-state index contributed by atoms with van der Waals surface area (Å²) in [6, 6.07) is 3.48. The van der Waals surface area contributed by atoms with E-state index >= 15 is 0 Å². The number of carbonyl (C=O) groups is 2. The molecule has 0 saturated carbocycles. The van der Waals surface area contributed by atoms with Gasteiger partial charge in [-0.3, -0.25) is 9.69 Å². The van der Waals surface area contributed by atoms with E-state index in [2.05, 4.69) is 5.32 Å². The Morgan fingerprint density at radius 3 is 2.00 bits per heavy atom. The van der Waals surface area contributed by atoms with Crippen molar-refractivity contribution < 1.29 is 26.4 Å². The van der Waals surface area contributed by atoms with E-state index in [0.29, 0.717) is 0 Å². The van der Waals surface area contributed by atoms with E-state index in [1.807, 2.05) is 0 Å². The number of primary sulfonamides is 1. The largest absolute Gasteiger partial charge is 0.329 e. The van der Waals surface area contributed by atoms with Gasteiger partial charge in [0.05, 0.1) is 22.4 Å². The maximum absolute atomic E-state index is 12.4.